The Balaban J connectivity index is 1.59. The fourth-order valence-corrected chi connectivity index (χ4v) is 5.81. The molecule has 220 valence electrons. The van der Waals surface area contributed by atoms with E-state index in [0.29, 0.717) is 49.1 Å². The van der Waals surface area contributed by atoms with Crippen molar-refractivity contribution in [2.45, 2.75) is 64.9 Å². The number of nitrogens with one attached hydrogen (secondary N) is 1. The number of aromatic nitrogens is 2. The number of benzene rings is 2. The molecule has 0 bridgehead atoms. The minimum absolute atomic E-state index is 0.0733. The molecule has 1 unspecified atom stereocenters. The molecule has 2 aliphatic rings. The maximum atomic E-state index is 14.9. The molecule has 0 spiro atoms. The van der Waals surface area contributed by atoms with Crippen molar-refractivity contribution in [1.82, 2.24) is 9.78 Å². The van der Waals surface area contributed by atoms with Crippen LogP contribution in [0.5, 0.6) is 0 Å². The van der Waals surface area contributed by atoms with Crippen LogP contribution in [-0.2, 0) is 16.2 Å². The van der Waals surface area contributed by atoms with Crippen LogP contribution in [0.1, 0.15) is 25.1 Å². The van der Waals surface area contributed by atoms with Gasteiger partial charge in [0, 0.05) is 44.7 Å². The smallest absolute Gasteiger partial charge is 0.144 e. The lowest BCUT2D eigenvalue weighted by Gasteiger charge is -2.39. The van der Waals surface area contributed by atoms with Gasteiger partial charge in [-0.3, -0.25) is 0 Å². The molecule has 0 saturated carbocycles. The predicted octanol–water partition coefficient (Wildman–Crippen LogP) is 5.93. The van der Waals surface area contributed by atoms with Gasteiger partial charge in [-0.05, 0) is 57.1 Å². The SMILES string of the molecule is Cc1nn(COCC[Si](C)(C)C)c2c1N=C(c1c(F)cccc1F)Nc1ccc(N3CCOC(C(C)(C)O)C3)cc1-2. The summed E-state index contributed by atoms with van der Waals surface area (Å²) in [5.74, 6) is -1.34. The number of nitrogens with zero attached hydrogens (tertiary/aromatic N) is 4. The molecule has 11 heteroatoms. The molecule has 1 atom stereocenters. The zero-order valence-corrected chi connectivity index (χ0v) is 25.6. The van der Waals surface area contributed by atoms with E-state index in [1.54, 1.807) is 18.5 Å². The summed E-state index contributed by atoms with van der Waals surface area (Å²) in [5.41, 5.74) is 2.99. The molecular weight excluding hydrogens is 544 g/mol. The molecule has 3 aromatic rings. The highest BCUT2D eigenvalue weighted by atomic mass is 28.3. The Morgan fingerprint density at radius 2 is 1.90 bits per heavy atom. The van der Waals surface area contributed by atoms with Gasteiger partial charge in [0.25, 0.3) is 0 Å². The molecule has 0 aliphatic carbocycles. The predicted molar refractivity (Wildman–Crippen MR) is 161 cm³/mol. The molecule has 8 nitrogen and oxygen atoms in total. The Morgan fingerprint density at radius 1 is 1.17 bits per heavy atom. The fourth-order valence-electron chi connectivity index (χ4n) is 5.05. The molecule has 2 aromatic carbocycles. The molecule has 41 heavy (non-hydrogen) atoms. The highest BCUT2D eigenvalue weighted by Gasteiger charge is 2.33. The van der Waals surface area contributed by atoms with Crippen molar-refractivity contribution in [3.8, 4) is 11.3 Å². The van der Waals surface area contributed by atoms with E-state index >= 15 is 0 Å². The number of ether oxygens (including phenoxy) is 2. The maximum Gasteiger partial charge on any atom is 0.144 e. The van der Waals surface area contributed by atoms with E-state index < -0.39 is 25.3 Å². The number of hydrogen-bond acceptors (Lipinski definition) is 7. The van der Waals surface area contributed by atoms with E-state index in [-0.39, 0.29) is 24.2 Å². The molecule has 1 fully saturated rings. The summed E-state index contributed by atoms with van der Waals surface area (Å²) < 4.78 is 43.6. The van der Waals surface area contributed by atoms with Crippen molar-refractivity contribution in [3.63, 3.8) is 0 Å². The number of aliphatic hydroxyl groups is 1. The lowest BCUT2D eigenvalue weighted by Crippen LogP contribution is -2.52. The quantitative estimate of drug-likeness (QED) is 0.253. The summed E-state index contributed by atoms with van der Waals surface area (Å²) in [6.07, 6.45) is -0.352. The van der Waals surface area contributed by atoms with Crippen LogP contribution in [0.25, 0.3) is 11.3 Å². The third-order valence-corrected chi connectivity index (χ3v) is 9.16. The number of amidine groups is 1. The van der Waals surface area contributed by atoms with Crippen molar-refractivity contribution in [1.29, 1.82) is 0 Å². The molecule has 5 rings (SSSR count). The summed E-state index contributed by atoms with van der Waals surface area (Å²) in [5, 5.41) is 18.5. The standard InChI is InChI=1S/C30H39F2N5O3Si/c1-19-27-28(37(35-19)18-39-14-15-41(4,5)6)21-16-20(36-12-13-40-25(17-36)30(2,3)38)10-11-24(21)33-29(34-27)26-22(31)8-7-9-23(26)32/h7-11,16,25,38H,12-15,17-18H2,1-6H3,(H,33,34). The van der Waals surface area contributed by atoms with Gasteiger partial charge in [0.05, 0.1) is 29.2 Å². The van der Waals surface area contributed by atoms with Crippen LogP contribution in [0.15, 0.2) is 41.4 Å². The molecule has 0 radical (unpaired) electrons. The number of rotatable bonds is 8. The summed E-state index contributed by atoms with van der Waals surface area (Å²) >= 11 is 0. The summed E-state index contributed by atoms with van der Waals surface area (Å²) in [6.45, 7) is 14.7. The third-order valence-electron chi connectivity index (χ3n) is 7.46. The average molecular weight is 584 g/mol. The van der Waals surface area contributed by atoms with Gasteiger partial charge in [-0.15, -0.1) is 0 Å². The largest absolute Gasteiger partial charge is 0.388 e. The molecule has 1 saturated heterocycles. The lowest BCUT2D eigenvalue weighted by molar-refractivity contribution is -0.0927. The second-order valence-corrected chi connectivity index (χ2v) is 18.1. The highest BCUT2D eigenvalue weighted by Crippen LogP contribution is 2.43. The van der Waals surface area contributed by atoms with Crippen LogP contribution < -0.4 is 10.2 Å². The van der Waals surface area contributed by atoms with Crippen LogP contribution in [-0.4, -0.2) is 66.8 Å². The Morgan fingerprint density at radius 3 is 2.59 bits per heavy atom. The van der Waals surface area contributed by atoms with Crippen molar-refractivity contribution in [2.24, 2.45) is 4.99 Å². The van der Waals surface area contributed by atoms with Crippen LogP contribution in [0.3, 0.4) is 0 Å². The second-order valence-electron chi connectivity index (χ2n) is 12.5. The maximum absolute atomic E-state index is 14.9. The molecule has 2 N–H and O–H groups in total. The van der Waals surface area contributed by atoms with Crippen LogP contribution >= 0.6 is 0 Å². The van der Waals surface area contributed by atoms with Gasteiger partial charge in [-0.1, -0.05) is 25.7 Å². The Kier molecular flexibility index (Phi) is 8.08. The van der Waals surface area contributed by atoms with Crippen molar-refractivity contribution < 1.29 is 23.4 Å². The van der Waals surface area contributed by atoms with Crippen LogP contribution in [0.4, 0.5) is 25.8 Å². The summed E-state index contributed by atoms with van der Waals surface area (Å²) in [4.78, 5) is 6.92. The van der Waals surface area contributed by atoms with Gasteiger partial charge in [-0.2, -0.15) is 5.10 Å². The van der Waals surface area contributed by atoms with E-state index in [0.717, 1.165) is 17.3 Å². The summed E-state index contributed by atoms with van der Waals surface area (Å²) in [6, 6.07) is 10.7. The Bertz CT molecular complexity index is 1440. The second kappa shape index (κ2) is 11.3. The molecule has 0 amide bonds. The fraction of sp³-hybridized carbons (Fsp3) is 0.467. The van der Waals surface area contributed by atoms with E-state index in [9.17, 15) is 13.9 Å². The van der Waals surface area contributed by atoms with Crippen LogP contribution in [0, 0.1) is 18.6 Å². The third kappa shape index (κ3) is 6.38. The van der Waals surface area contributed by atoms with Gasteiger partial charge in [0.15, 0.2) is 0 Å². The highest BCUT2D eigenvalue weighted by molar-refractivity contribution is 6.76. The van der Waals surface area contributed by atoms with Crippen molar-refractivity contribution in [2.75, 3.05) is 36.5 Å². The van der Waals surface area contributed by atoms with E-state index in [4.69, 9.17) is 19.6 Å². The van der Waals surface area contributed by atoms with Gasteiger partial charge in [0.2, 0.25) is 0 Å². The van der Waals surface area contributed by atoms with Gasteiger partial charge < -0.3 is 24.8 Å². The van der Waals surface area contributed by atoms with Gasteiger partial charge >= 0.3 is 0 Å². The monoisotopic (exact) mass is 583 g/mol. The average Bonchev–Trinajstić information content (AvgIpc) is 3.09. The molecule has 3 heterocycles. The number of aliphatic imine (C=N–C) groups is 1. The Hall–Kier alpha value is -3.12. The van der Waals surface area contributed by atoms with Crippen LogP contribution in [0.2, 0.25) is 25.7 Å². The molecule has 1 aromatic heterocycles. The molecule has 2 aliphatic heterocycles. The first-order valence-corrected chi connectivity index (χ1v) is 17.7. The van der Waals surface area contributed by atoms with E-state index in [2.05, 4.69) is 29.9 Å². The number of halogens is 2. The molecular formula is C30H39F2N5O3Si. The number of morpholine rings is 1. The zero-order valence-electron chi connectivity index (χ0n) is 24.6. The normalized spacial score (nSPS) is 17.4. The first-order valence-electron chi connectivity index (χ1n) is 14.0. The first-order chi connectivity index (χ1) is 19.3. The number of anilines is 2. The van der Waals surface area contributed by atoms with Gasteiger partial charge in [-0.25, -0.2) is 18.5 Å². The van der Waals surface area contributed by atoms with E-state index in [1.807, 2.05) is 25.1 Å². The summed E-state index contributed by atoms with van der Waals surface area (Å²) in [7, 11) is -1.28. The lowest BCUT2D eigenvalue weighted by atomic mass is 9.99. The zero-order chi connectivity index (χ0) is 29.5. The number of fused-ring (bicyclic) bond motifs is 3. The minimum atomic E-state index is -1.28. The topological polar surface area (TPSA) is 84.1 Å². The van der Waals surface area contributed by atoms with E-state index in [1.165, 1.54) is 18.2 Å². The number of hydrogen-bond donors (Lipinski definition) is 2. The Labute approximate surface area is 241 Å². The number of aryl methyl sites for hydroxylation is 1. The first kappa shape index (κ1) is 29.4. The van der Waals surface area contributed by atoms with Crippen molar-refractivity contribution in [3.05, 3.63) is 59.3 Å². The minimum Gasteiger partial charge on any atom is -0.388 e. The van der Waals surface area contributed by atoms with Crippen molar-refractivity contribution >= 4 is 31.0 Å². The van der Waals surface area contributed by atoms with Gasteiger partial charge in [0.1, 0.15) is 36.0 Å².